The summed E-state index contributed by atoms with van der Waals surface area (Å²) >= 11 is 5.73. The van der Waals surface area contributed by atoms with E-state index in [4.69, 9.17) is 11.6 Å². The van der Waals surface area contributed by atoms with Gasteiger partial charge in [-0.1, -0.05) is 24.9 Å². The minimum absolute atomic E-state index is 0.445. The van der Waals surface area contributed by atoms with Crippen LogP contribution in [-0.2, 0) is 6.42 Å². The first-order chi connectivity index (χ1) is 5.25. The molecular formula is C8H9ClFN. The van der Waals surface area contributed by atoms with E-state index in [1.807, 2.05) is 6.92 Å². The molecule has 0 bridgehead atoms. The van der Waals surface area contributed by atoms with Crippen LogP contribution in [0.5, 0.6) is 0 Å². The third-order valence-corrected chi connectivity index (χ3v) is 1.80. The van der Waals surface area contributed by atoms with E-state index in [1.54, 1.807) is 6.07 Å². The van der Waals surface area contributed by atoms with Crippen molar-refractivity contribution in [3.05, 3.63) is 28.8 Å². The summed E-state index contributed by atoms with van der Waals surface area (Å²) in [6.45, 7) is 1.97. The second kappa shape index (κ2) is 3.67. The Bertz CT molecular complexity index is 230. The maximum atomic E-state index is 12.8. The van der Waals surface area contributed by atoms with Crippen LogP contribution in [0, 0.1) is 5.95 Å². The van der Waals surface area contributed by atoms with E-state index in [-0.39, 0.29) is 0 Å². The first-order valence-electron chi connectivity index (χ1n) is 3.54. The Hall–Kier alpha value is -0.630. The van der Waals surface area contributed by atoms with Gasteiger partial charge in [0.05, 0.1) is 0 Å². The van der Waals surface area contributed by atoms with Crippen LogP contribution in [0.3, 0.4) is 0 Å². The highest BCUT2D eigenvalue weighted by Crippen LogP contribution is 2.18. The highest BCUT2D eigenvalue weighted by molar-refractivity contribution is 6.31. The highest BCUT2D eigenvalue weighted by Gasteiger charge is 2.05. The number of rotatable bonds is 2. The summed E-state index contributed by atoms with van der Waals surface area (Å²) in [5.41, 5.74) is 0.525. The molecule has 1 heterocycles. The molecule has 0 unspecified atom stereocenters. The molecule has 3 heteroatoms. The van der Waals surface area contributed by atoms with Crippen LogP contribution in [0.1, 0.15) is 18.9 Å². The molecule has 0 fully saturated rings. The maximum Gasteiger partial charge on any atom is 0.217 e. The molecule has 0 saturated heterocycles. The fraction of sp³-hybridized carbons (Fsp3) is 0.375. The van der Waals surface area contributed by atoms with Gasteiger partial charge in [0.15, 0.2) is 0 Å². The second-order valence-corrected chi connectivity index (χ2v) is 2.72. The zero-order valence-electron chi connectivity index (χ0n) is 6.27. The number of halogens is 2. The van der Waals surface area contributed by atoms with Gasteiger partial charge >= 0.3 is 0 Å². The standard InChI is InChI=1S/C8H9ClFN/c1-2-3-6-7(9)4-5-11-8(6)10/h4-5H,2-3H2,1H3. The van der Waals surface area contributed by atoms with Gasteiger partial charge in [-0.2, -0.15) is 4.39 Å². The molecule has 0 spiro atoms. The van der Waals surface area contributed by atoms with E-state index < -0.39 is 5.95 Å². The second-order valence-electron chi connectivity index (χ2n) is 2.31. The van der Waals surface area contributed by atoms with E-state index in [0.29, 0.717) is 17.0 Å². The molecule has 0 atom stereocenters. The van der Waals surface area contributed by atoms with Crippen LogP contribution in [0.4, 0.5) is 4.39 Å². The van der Waals surface area contributed by atoms with Gasteiger partial charge in [-0.05, 0) is 12.5 Å². The molecule has 1 nitrogen and oxygen atoms in total. The smallest absolute Gasteiger partial charge is 0.217 e. The fourth-order valence-corrected chi connectivity index (χ4v) is 1.15. The molecule has 0 aliphatic heterocycles. The zero-order valence-corrected chi connectivity index (χ0v) is 7.03. The Morgan fingerprint density at radius 1 is 1.64 bits per heavy atom. The van der Waals surface area contributed by atoms with Crippen molar-refractivity contribution in [2.75, 3.05) is 0 Å². The van der Waals surface area contributed by atoms with Gasteiger partial charge in [0.1, 0.15) is 0 Å². The lowest BCUT2D eigenvalue weighted by molar-refractivity contribution is 0.565. The minimum Gasteiger partial charge on any atom is -0.228 e. The lowest BCUT2D eigenvalue weighted by Crippen LogP contribution is -1.93. The molecule has 0 aromatic carbocycles. The van der Waals surface area contributed by atoms with Gasteiger partial charge in [-0.3, -0.25) is 0 Å². The maximum absolute atomic E-state index is 12.8. The lowest BCUT2D eigenvalue weighted by atomic mass is 10.2. The molecule has 0 aliphatic rings. The molecule has 60 valence electrons. The summed E-state index contributed by atoms with van der Waals surface area (Å²) in [4.78, 5) is 3.51. The Balaban J connectivity index is 3.00. The lowest BCUT2D eigenvalue weighted by Gasteiger charge is -2.01. The third kappa shape index (κ3) is 1.90. The molecule has 1 aromatic heterocycles. The fourth-order valence-electron chi connectivity index (χ4n) is 0.918. The Kier molecular flexibility index (Phi) is 2.83. The summed E-state index contributed by atoms with van der Waals surface area (Å²) in [5, 5.41) is 0.472. The molecule has 1 aromatic rings. The number of hydrogen-bond acceptors (Lipinski definition) is 1. The van der Waals surface area contributed by atoms with Crippen molar-refractivity contribution in [1.29, 1.82) is 0 Å². The summed E-state index contributed by atoms with van der Waals surface area (Å²) in [6.07, 6.45) is 2.90. The third-order valence-electron chi connectivity index (χ3n) is 1.45. The largest absolute Gasteiger partial charge is 0.228 e. The van der Waals surface area contributed by atoms with E-state index in [9.17, 15) is 4.39 Å². The Morgan fingerprint density at radius 2 is 2.36 bits per heavy atom. The molecule has 11 heavy (non-hydrogen) atoms. The molecule has 0 N–H and O–H groups in total. The topological polar surface area (TPSA) is 12.9 Å². The van der Waals surface area contributed by atoms with Crippen molar-refractivity contribution in [2.24, 2.45) is 0 Å². The quantitative estimate of drug-likeness (QED) is 0.627. The van der Waals surface area contributed by atoms with Crippen LogP contribution < -0.4 is 0 Å². The van der Waals surface area contributed by atoms with Gasteiger partial charge in [0, 0.05) is 16.8 Å². The van der Waals surface area contributed by atoms with Crippen LogP contribution in [-0.4, -0.2) is 4.98 Å². The SMILES string of the molecule is CCCc1c(Cl)ccnc1F. The minimum atomic E-state index is -0.445. The molecule has 0 aliphatic carbocycles. The highest BCUT2D eigenvalue weighted by atomic mass is 35.5. The number of pyridine rings is 1. The van der Waals surface area contributed by atoms with Gasteiger partial charge < -0.3 is 0 Å². The normalized spacial score (nSPS) is 10.1. The number of hydrogen-bond donors (Lipinski definition) is 0. The van der Waals surface area contributed by atoms with E-state index in [2.05, 4.69) is 4.98 Å². The van der Waals surface area contributed by atoms with Crippen LogP contribution in [0.2, 0.25) is 5.02 Å². The van der Waals surface area contributed by atoms with E-state index >= 15 is 0 Å². The summed E-state index contributed by atoms with van der Waals surface area (Å²) < 4.78 is 12.8. The summed E-state index contributed by atoms with van der Waals surface area (Å²) in [7, 11) is 0. The average Bonchev–Trinajstić information content (AvgIpc) is 1.97. The van der Waals surface area contributed by atoms with Gasteiger partial charge in [0.2, 0.25) is 5.95 Å². The van der Waals surface area contributed by atoms with Crippen molar-refractivity contribution in [2.45, 2.75) is 19.8 Å². The first kappa shape index (κ1) is 8.47. The predicted octanol–water partition coefficient (Wildman–Crippen LogP) is 2.83. The van der Waals surface area contributed by atoms with Gasteiger partial charge in [-0.25, -0.2) is 4.98 Å². The Labute approximate surface area is 70.2 Å². The number of aromatic nitrogens is 1. The molecule has 1 rings (SSSR count). The average molecular weight is 174 g/mol. The monoisotopic (exact) mass is 173 g/mol. The zero-order chi connectivity index (χ0) is 8.27. The van der Waals surface area contributed by atoms with Gasteiger partial charge in [0.25, 0.3) is 0 Å². The van der Waals surface area contributed by atoms with Crippen molar-refractivity contribution in [1.82, 2.24) is 4.98 Å². The summed E-state index contributed by atoms with van der Waals surface area (Å²) in [5.74, 6) is -0.445. The van der Waals surface area contributed by atoms with Gasteiger partial charge in [-0.15, -0.1) is 0 Å². The van der Waals surface area contributed by atoms with Crippen LogP contribution in [0.15, 0.2) is 12.3 Å². The molecule has 0 saturated carbocycles. The van der Waals surface area contributed by atoms with Crippen LogP contribution in [0.25, 0.3) is 0 Å². The predicted molar refractivity (Wildman–Crippen MR) is 43.2 cm³/mol. The molecule has 0 radical (unpaired) electrons. The van der Waals surface area contributed by atoms with Crippen molar-refractivity contribution in [3.8, 4) is 0 Å². The first-order valence-corrected chi connectivity index (χ1v) is 3.92. The Morgan fingerprint density at radius 3 is 2.91 bits per heavy atom. The van der Waals surface area contributed by atoms with Crippen molar-refractivity contribution < 1.29 is 4.39 Å². The molecule has 0 amide bonds. The van der Waals surface area contributed by atoms with E-state index in [1.165, 1.54) is 6.20 Å². The summed E-state index contributed by atoms with van der Waals surface area (Å²) in [6, 6.07) is 1.61. The van der Waals surface area contributed by atoms with E-state index in [0.717, 1.165) is 6.42 Å². The number of nitrogens with zero attached hydrogens (tertiary/aromatic N) is 1. The van der Waals surface area contributed by atoms with Crippen LogP contribution >= 0.6 is 11.6 Å². The molecular weight excluding hydrogens is 165 g/mol. The van der Waals surface area contributed by atoms with Crippen molar-refractivity contribution >= 4 is 11.6 Å². The van der Waals surface area contributed by atoms with Crippen molar-refractivity contribution in [3.63, 3.8) is 0 Å².